The third-order valence-corrected chi connectivity index (χ3v) is 8.46. The molecule has 0 amide bonds. The number of nitrogens with zero attached hydrogens (tertiary/aromatic N) is 3. The first-order valence-corrected chi connectivity index (χ1v) is 12.7. The van der Waals surface area contributed by atoms with Crippen LogP contribution in [-0.4, -0.2) is 47.4 Å². The van der Waals surface area contributed by atoms with E-state index in [2.05, 4.69) is 0 Å². The Morgan fingerprint density at radius 2 is 1.78 bits per heavy atom. The van der Waals surface area contributed by atoms with E-state index in [9.17, 15) is 8.42 Å². The number of ether oxygens (including phenoxy) is 1. The van der Waals surface area contributed by atoms with Gasteiger partial charge in [0.25, 0.3) is 0 Å². The molecule has 1 aliphatic heterocycles. The molecule has 0 radical (unpaired) electrons. The van der Waals surface area contributed by atoms with Gasteiger partial charge in [-0.25, -0.2) is 13.1 Å². The average molecular weight is 494 g/mol. The Hall–Kier alpha value is -1.90. The summed E-state index contributed by atoms with van der Waals surface area (Å²) in [6.45, 7) is 6.22. The second-order valence-corrected chi connectivity index (χ2v) is 11.4. The van der Waals surface area contributed by atoms with Gasteiger partial charge in [0, 0.05) is 29.2 Å². The van der Waals surface area contributed by atoms with Crippen LogP contribution in [0.5, 0.6) is 0 Å². The Morgan fingerprint density at radius 3 is 2.44 bits per heavy atom. The fourth-order valence-corrected chi connectivity index (χ4v) is 5.49. The van der Waals surface area contributed by atoms with Gasteiger partial charge in [-0.3, -0.25) is 0 Å². The third-order valence-electron chi connectivity index (χ3n) is 5.65. The van der Waals surface area contributed by atoms with Crippen molar-refractivity contribution in [3.8, 4) is 16.9 Å². The Labute approximate surface area is 198 Å². The molecule has 0 aliphatic carbocycles. The molecule has 32 heavy (non-hydrogen) atoms. The molecule has 0 N–H and O–H groups in total. The highest BCUT2D eigenvalue weighted by Crippen LogP contribution is 2.36. The van der Waals surface area contributed by atoms with Crippen LogP contribution in [0, 0.1) is 6.92 Å². The maximum Gasteiger partial charge on any atom is 0.216 e. The zero-order valence-electron chi connectivity index (χ0n) is 18.1. The maximum atomic E-state index is 12.8. The van der Waals surface area contributed by atoms with Crippen molar-refractivity contribution < 1.29 is 13.2 Å². The van der Waals surface area contributed by atoms with Gasteiger partial charge in [-0.15, -0.1) is 0 Å². The van der Waals surface area contributed by atoms with E-state index in [1.165, 1.54) is 4.31 Å². The van der Waals surface area contributed by atoms with Crippen LogP contribution in [0.15, 0.2) is 48.5 Å². The normalized spacial score (nSPS) is 17.8. The Kier molecular flexibility index (Phi) is 6.66. The molecule has 2 aromatic carbocycles. The van der Waals surface area contributed by atoms with Crippen molar-refractivity contribution in [1.82, 2.24) is 14.1 Å². The molecule has 1 saturated heterocycles. The van der Waals surface area contributed by atoms with E-state index in [1.54, 1.807) is 18.5 Å². The smallest absolute Gasteiger partial charge is 0.216 e. The molecule has 1 unspecified atom stereocenters. The summed E-state index contributed by atoms with van der Waals surface area (Å²) in [4.78, 5) is 0. The molecule has 3 aromatic rings. The summed E-state index contributed by atoms with van der Waals surface area (Å²) in [6, 6.07) is 15.0. The van der Waals surface area contributed by atoms with Crippen molar-refractivity contribution in [3.63, 3.8) is 0 Å². The molecule has 1 fully saturated rings. The summed E-state index contributed by atoms with van der Waals surface area (Å²) in [5, 5.41) is 5.58. The van der Waals surface area contributed by atoms with Gasteiger partial charge in [0.2, 0.25) is 10.0 Å². The lowest BCUT2D eigenvalue weighted by Gasteiger charge is -2.32. The molecular formula is C23H25Cl2N3O3S. The van der Waals surface area contributed by atoms with Gasteiger partial charge in [-0.2, -0.15) is 9.40 Å². The number of hydrogen-bond donors (Lipinski definition) is 0. The fraction of sp³-hybridized carbons (Fsp3) is 0.348. The van der Waals surface area contributed by atoms with Gasteiger partial charge >= 0.3 is 0 Å². The van der Waals surface area contributed by atoms with Gasteiger partial charge in [-0.05, 0) is 45.0 Å². The molecular weight excluding hydrogens is 469 g/mol. The quantitative estimate of drug-likeness (QED) is 0.485. The first-order valence-electron chi connectivity index (χ1n) is 10.4. The van der Waals surface area contributed by atoms with Crippen LogP contribution in [0.2, 0.25) is 10.0 Å². The second kappa shape index (κ2) is 9.15. The van der Waals surface area contributed by atoms with Crippen LogP contribution in [0.4, 0.5) is 0 Å². The van der Waals surface area contributed by atoms with E-state index in [-0.39, 0.29) is 6.54 Å². The van der Waals surface area contributed by atoms with Crippen molar-refractivity contribution in [3.05, 3.63) is 69.8 Å². The summed E-state index contributed by atoms with van der Waals surface area (Å²) < 4.78 is 34.8. The minimum Gasteiger partial charge on any atom is -0.369 e. The first kappa shape index (κ1) is 23.3. The highest BCUT2D eigenvalue weighted by atomic mass is 35.5. The fourth-order valence-electron chi connectivity index (χ4n) is 3.88. The molecule has 9 heteroatoms. The van der Waals surface area contributed by atoms with Gasteiger partial charge in [0.05, 0.1) is 34.0 Å². The van der Waals surface area contributed by atoms with Gasteiger partial charge in [-0.1, -0.05) is 47.5 Å². The number of benzene rings is 2. The predicted octanol–water partition coefficient (Wildman–Crippen LogP) is 5.27. The zero-order chi connectivity index (χ0) is 23.0. The standard InChI is InChI=1S/C23H25Cl2N3O3S/c1-15(2)32(29,30)27-12-13-31-21(14-27)22-16(3)23(17-8-10-18(24)11-9-17)28(26-22)20-7-5-4-6-19(20)25/h4-11,15,21H,12-14H2,1-3H3. The number of morpholine rings is 1. The SMILES string of the molecule is Cc1c(C2CN(S(=O)(=O)C(C)C)CCO2)nn(-c2ccccc2Cl)c1-c1ccc(Cl)cc1. The minimum absolute atomic E-state index is 0.223. The van der Waals surface area contributed by atoms with Crippen LogP contribution in [0.3, 0.4) is 0 Å². The number of hydrogen-bond acceptors (Lipinski definition) is 4. The zero-order valence-corrected chi connectivity index (χ0v) is 20.5. The lowest BCUT2D eigenvalue weighted by Crippen LogP contribution is -2.45. The van der Waals surface area contributed by atoms with Crippen LogP contribution in [0.25, 0.3) is 16.9 Å². The second-order valence-electron chi connectivity index (χ2n) is 8.04. The van der Waals surface area contributed by atoms with Crippen LogP contribution >= 0.6 is 23.2 Å². The third kappa shape index (κ3) is 4.32. The van der Waals surface area contributed by atoms with E-state index in [0.29, 0.717) is 28.9 Å². The van der Waals surface area contributed by atoms with E-state index in [1.807, 2.05) is 55.5 Å². The number of sulfonamides is 1. The predicted molar refractivity (Wildman–Crippen MR) is 128 cm³/mol. The summed E-state index contributed by atoms with van der Waals surface area (Å²) >= 11 is 12.6. The van der Waals surface area contributed by atoms with Crippen LogP contribution in [-0.2, 0) is 14.8 Å². The van der Waals surface area contributed by atoms with E-state index in [4.69, 9.17) is 33.0 Å². The van der Waals surface area contributed by atoms with Crippen molar-refractivity contribution in [2.45, 2.75) is 32.1 Å². The Bertz CT molecular complexity index is 1220. The van der Waals surface area contributed by atoms with Gasteiger partial charge < -0.3 is 4.74 Å². The largest absolute Gasteiger partial charge is 0.369 e. The minimum atomic E-state index is -3.39. The maximum absolute atomic E-state index is 12.8. The van der Waals surface area contributed by atoms with Crippen molar-refractivity contribution in [2.75, 3.05) is 19.7 Å². The number of para-hydroxylation sites is 1. The monoisotopic (exact) mass is 493 g/mol. The van der Waals surface area contributed by atoms with Gasteiger partial charge in [0.15, 0.2) is 0 Å². The molecule has 0 spiro atoms. The highest BCUT2D eigenvalue weighted by molar-refractivity contribution is 7.89. The number of halogens is 2. The molecule has 0 bridgehead atoms. The van der Waals surface area contributed by atoms with Crippen LogP contribution in [0.1, 0.15) is 31.2 Å². The van der Waals surface area contributed by atoms with Crippen LogP contribution < -0.4 is 0 Å². The lowest BCUT2D eigenvalue weighted by atomic mass is 10.0. The lowest BCUT2D eigenvalue weighted by molar-refractivity contribution is -0.00562. The number of rotatable bonds is 5. The highest BCUT2D eigenvalue weighted by Gasteiger charge is 2.35. The Morgan fingerprint density at radius 1 is 1.09 bits per heavy atom. The molecule has 1 atom stereocenters. The summed E-state index contributed by atoms with van der Waals surface area (Å²) in [6.07, 6.45) is -0.480. The number of aromatic nitrogens is 2. The van der Waals surface area contributed by atoms with Crippen molar-refractivity contribution in [2.24, 2.45) is 0 Å². The molecule has 1 aromatic heterocycles. The average Bonchev–Trinajstić information content (AvgIpc) is 3.11. The van der Waals surface area contributed by atoms with Crippen molar-refractivity contribution >= 4 is 33.2 Å². The molecule has 6 nitrogen and oxygen atoms in total. The summed E-state index contributed by atoms with van der Waals surface area (Å²) in [5.74, 6) is 0. The van der Waals surface area contributed by atoms with Gasteiger partial charge in [0.1, 0.15) is 6.10 Å². The van der Waals surface area contributed by atoms with E-state index in [0.717, 1.165) is 22.5 Å². The molecule has 1 aliphatic rings. The topological polar surface area (TPSA) is 64.4 Å². The molecule has 0 saturated carbocycles. The molecule has 170 valence electrons. The van der Waals surface area contributed by atoms with E-state index >= 15 is 0 Å². The van der Waals surface area contributed by atoms with E-state index < -0.39 is 21.4 Å². The Balaban J connectivity index is 1.83. The summed E-state index contributed by atoms with van der Waals surface area (Å²) in [5.41, 5.74) is 4.11. The summed E-state index contributed by atoms with van der Waals surface area (Å²) in [7, 11) is -3.39. The first-order chi connectivity index (χ1) is 15.2. The molecule has 2 heterocycles. The molecule has 4 rings (SSSR count). The van der Waals surface area contributed by atoms with Crippen molar-refractivity contribution in [1.29, 1.82) is 0 Å².